The second-order valence-corrected chi connectivity index (χ2v) is 8.43. The first-order valence-electron chi connectivity index (χ1n) is 9.00. The second-order valence-electron chi connectivity index (χ2n) is 6.63. The Labute approximate surface area is 171 Å². The van der Waals surface area contributed by atoms with E-state index in [0.717, 1.165) is 0 Å². The molecule has 4 rings (SSSR count). The van der Waals surface area contributed by atoms with Gasteiger partial charge >= 0.3 is 15.5 Å². The summed E-state index contributed by atoms with van der Waals surface area (Å²) in [6.45, 7) is 0. The molecule has 9 heteroatoms. The second kappa shape index (κ2) is 7.56. The van der Waals surface area contributed by atoms with Crippen molar-refractivity contribution in [1.29, 1.82) is 0 Å². The fourth-order valence-electron chi connectivity index (χ4n) is 3.44. The molecule has 0 saturated carbocycles. The SMILES string of the molecule is O=S(=O)(N1C(c2ccccn2)=N[C@H](c2ccccc2)[C@@H]1c1ccccc1)C(F)(F)F. The standard InChI is InChI=1S/C21H16F3N3O2S/c22-21(23,24)30(28,29)27-19(16-11-5-2-6-12-16)18(15-9-3-1-4-10-15)26-20(27)17-13-7-8-14-25-17/h1-14,18-19H/t18-,19+/m1/s1. The largest absolute Gasteiger partial charge is 0.516 e. The molecule has 0 amide bonds. The van der Waals surface area contributed by atoms with E-state index in [4.69, 9.17) is 0 Å². The molecular formula is C21H16F3N3O2S. The van der Waals surface area contributed by atoms with Crippen molar-refractivity contribution in [1.82, 2.24) is 9.29 Å². The lowest BCUT2D eigenvalue weighted by atomic mass is 9.95. The maximum Gasteiger partial charge on any atom is 0.516 e. The fraction of sp³-hybridized carbons (Fsp3) is 0.143. The lowest BCUT2D eigenvalue weighted by Crippen LogP contribution is -2.45. The summed E-state index contributed by atoms with van der Waals surface area (Å²) in [5.74, 6) is -0.337. The van der Waals surface area contributed by atoms with Crippen molar-refractivity contribution in [2.45, 2.75) is 17.6 Å². The lowest BCUT2D eigenvalue weighted by molar-refractivity contribution is -0.0479. The first-order chi connectivity index (χ1) is 14.3. The van der Waals surface area contributed by atoms with Crippen LogP contribution in [-0.4, -0.2) is 29.1 Å². The first kappa shape index (κ1) is 20.1. The van der Waals surface area contributed by atoms with Gasteiger partial charge in [0.15, 0.2) is 5.84 Å². The average molecular weight is 431 g/mol. The summed E-state index contributed by atoms with van der Waals surface area (Å²) >= 11 is 0. The number of amidine groups is 1. The number of benzene rings is 2. The van der Waals surface area contributed by atoms with Gasteiger partial charge in [0, 0.05) is 6.20 Å². The number of alkyl halides is 3. The Kier molecular flexibility index (Phi) is 5.07. The van der Waals surface area contributed by atoms with Crippen LogP contribution in [0, 0.1) is 0 Å². The van der Waals surface area contributed by atoms with Gasteiger partial charge in [0.25, 0.3) is 0 Å². The molecule has 1 aromatic heterocycles. The molecule has 0 fully saturated rings. The Hall–Kier alpha value is -3.20. The molecule has 1 aliphatic heterocycles. The zero-order valence-corrected chi connectivity index (χ0v) is 16.3. The highest BCUT2D eigenvalue weighted by Gasteiger charge is 2.57. The number of nitrogens with zero attached hydrogens (tertiary/aromatic N) is 3. The monoisotopic (exact) mass is 431 g/mol. The summed E-state index contributed by atoms with van der Waals surface area (Å²) in [5, 5.41) is 0. The van der Waals surface area contributed by atoms with Crippen molar-refractivity contribution >= 4 is 15.9 Å². The highest BCUT2D eigenvalue weighted by Crippen LogP contribution is 2.47. The minimum atomic E-state index is -5.75. The van der Waals surface area contributed by atoms with Gasteiger partial charge in [-0.2, -0.15) is 21.6 Å². The number of sulfonamides is 1. The van der Waals surface area contributed by atoms with E-state index in [-0.39, 0.29) is 11.5 Å². The number of hydrogen-bond acceptors (Lipinski definition) is 4. The number of hydrogen-bond donors (Lipinski definition) is 0. The molecule has 0 bridgehead atoms. The van der Waals surface area contributed by atoms with Crippen LogP contribution < -0.4 is 0 Å². The van der Waals surface area contributed by atoms with Crippen LogP contribution in [0.25, 0.3) is 0 Å². The summed E-state index contributed by atoms with van der Waals surface area (Å²) in [5.41, 5.74) is -4.46. The molecule has 0 unspecified atom stereocenters. The van der Waals surface area contributed by atoms with E-state index in [1.165, 1.54) is 12.3 Å². The third kappa shape index (κ3) is 3.45. The lowest BCUT2D eigenvalue weighted by Gasteiger charge is -2.30. The zero-order valence-electron chi connectivity index (χ0n) is 15.4. The molecule has 0 N–H and O–H groups in total. The first-order valence-corrected chi connectivity index (χ1v) is 10.4. The van der Waals surface area contributed by atoms with Gasteiger partial charge in [0.1, 0.15) is 11.7 Å². The Bertz CT molecular complexity index is 1150. The Morgan fingerprint density at radius 1 is 0.800 bits per heavy atom. The van der Waals surface area contributed by atoms with Crippen molar-refractivity contribution in [3.05, 3.63) is 102 Å². The van der Waals surface area contributed by atoms with Crippen LogP contribution in [0.2, 0.25) is 0 Å². The normalized spacial score (nSPS) is 19.6. The molecule has 5 nitrogen and oxygen atoms in total. The molecule has 154 valence electrons. The summed E-state index contributed by atoms with van der Waals surface area (Å²) in [4.78, 5) is 8.51. The van der Waals surface area contributed by atoms with E-state index in [1.54, 1.807) is 72.8 Å². The summed E-state index contributed by atoms with van der Waals surface area (Å²) in [6, 6.07) is 19.4. The van der Waals surface area contributed by atoms with Crippen LogP contribution in [0.1, 0.15) is 28.9 Å². The van der Waals surface area contributed by atoms with Gasteiger partial charge in [-0.05, 0) is 23.3 Å². The molecule has 3 aromatic rings. The van der Waals surface area contributed by atoms with E-state index in [2.05, 4.69) is 9.98 Å². The molecule has 1 aliphatic rings. The van der Waals surface area contributed by atoms with Gasteiger partial charge in [-0.25, -0.2) is 4.31 Å². The third-order valence-corrected chi connectivity index (χ3v) is 6.25. The fourth-order valence-corrected chi connectivity index (χ4v) is 4.57. The predicted octanol–water partition coefficient (Wildman–Crippen LogP) is 4.48. The van der Waals surface area contributed by atoms with Crippen molar-refractivity contribution in [3.63, 3.8) is 0 Å². The van der Waals surface area contributed by atoms with Gasteiger partial charge in [-0.15, -0.1) is 0 Å². The van der Waals surface area contributed by atoms with Crippen molar-refractivity contribution in [2.75, 3.05) is 0 Å². The number of aromatic nitrogens is 1. The van der Waals surface area contributed by atoms with Crippen LogP contribution in [0.4, 0.5) is 13.2 Å². The highest BCUT2D eigenvalue weighted by molar-refractivity contribution is 7.90. The summed E-state index contributed by atoms with van der Waals surface area (Å²) in [7, 11) is -5.75. The average Bonchev–Trinajstić information content (AvgIpc) is 3.16. The van der Waals surface area contributed by atoms with Crippen LogP contribution in [0.5, 0.6) is 0 Å². The minimum Gasteiger partial charge on any atom is -0.255 e. The molecular weight excluding hydrogens is 415 g/mol. The van der Waals surface area contributed by atoms with Gasteiger partial charge < -0.3 is 0 Å². The quantitative estimate of drug-likeness (QED) is 0.612. The van der Waals surface area contributed by atoms with E-state index in [1.807, 2.05) is 0 Å². The number of aliphatic imine (C=N–C) groups is 1. The van der Waals surface area contributed by atoms with Crippen molar-refractivity contribution in [2.24, 2.45) is 4.99 Å². The topological polar surface area (TPSA) is 62.6 Å². The Morgan fingerprint density at radius 3 is 1.90 bits per heavy atom. The molecule has 0 aliphatic carbocycles. The van der Waals surface area contributed by atoms with E-state index in [9.17, 15) is 21.6 Å². The van der Waals surface area contributed by atoms with Crippen molar-refractivity contribution < 1.29 is 21.6 Å². The maximum atomic E-state index is 13.7. The molecule has 0 spiro atoms. The molecule has 2 heterocycles. The minimum absolute atomic E-state index is 0.0460. The highest BCUT2D eigenvalue weighted by atomic mass is 32.2. The Balaban J connectivity index is 1.98. The molecule has 30 heavy (non-hydrogen) atoms. The van der Waals surface area contributed by atoms with Crippen LogP contribution in [-0.2, 0) is 10.0 Å². The third-order valence-electron chi connectivity index (χ3n) is 4.75. The van der Waals surface area contributed by atoms with Gasteiger partial charge in [0.05, 0.1) is 6.04 Å². The van der Waals surface area contributed by atoms with Crippen LogP contribution >= 0.6 is 0 Å². The zero-order chi connectivity index (χ0) is 21.4. The summed E-state index contributed by atoms with van der Waals surface area (Å²) < 4.78 is 66.8. The number of rotatable bonds is 4. The van der Waals surface area contributed by atoms with E-state index < -0.39 is 27.6 Å². The maximum absolute atomic E-state index is 13.7. The number of pyridine rings is 1. The molecule has 2 atom stereocenters. The van der Waals surface area contributed by atoms with E-state index in [0.29, 0.717) is 15.4 Å². The predicted molar refractivity (Wildman–Crippen MR) is 106 cm³/mol. The van der Waals surface area contributed by atoms with Crippen LogP contribution in [0.3, 0.4) is 0 Å². The molecule has 2 aromatic carbocycles. The van der Waals surface area contributed by atoms with Crippen LogP contribution in [0.15, 0.2) is 90.1 Å². The molecule has 0 saturated heterocycles. The summed E-state index contributed by atoms with van der Waals surface area (Å²) in [6.07, 6.45) is 1.38. The Morgan fingerprint density at radius 2 is 1.37 bits per heavy atom. The van der Waals surface area contributed by atoms with Gasteiger partial charge in [-0.3, -0.25) is 9.98 Å². The van der Waals surface area contributed by atoms with Crippen molar-refractivity contribution in [3.8, 4) is 0 Å². The van der Waals surface area contributed by atoms with Gasteiger partial charge in [0.2, 0.25) is 0 Å². The number of halogens is 3. The smallest absolute Gasteiger partial charge is 0.255 e. The molecule has 0 radical (unpaired) electrons. The van der Waals surface area contributed by atoms with Gasteiger partial charge in [-0.1, -0.05) is 66.7 Å². The van der Waals surface area contributed by atoms with E-state index >= 15 is 0 Å².